The first-order valence-corrected chi connectivity index (χ1v) is 6.21. The number of benzene rings is 1. The van der Waals surface area contributed by atoms with E-state index in [2.05, 4.69) is 10.2 Å². The number of hydrogen-bond donors (Lipinski definition) is 3. The Hall–Kier alpha value is -1.30. The molecule has 0 aromatic heterocycles. The van der Waals surface area contributed by atoms with Gasteiger partial charge < -0.3 is 21.1 Å². The monoisotopic (exact) mass is 269 g/mol. The van der Waals surface area contributed by atoms with E-state index in [0.29, 0.717) is 10.6 Å². The summed E-state index contributed by atoms with van der Waals surface area (Å²) in [6, 6.07) is 4.27. The van der Waals surface area contributed by atoms with Crippen LogP contribution in [-0.4, -0.2) is 37.3 Å². The number of nitrogens with one attached hydrogen (secondary N) is 1. The van der Waals surface area contributed by atoms with Crippen molar-refractivity contribution in [3.05, 3.63) is 28.8 Å². The van der Waals surface area contributed by atoms with E-state index in [9.17, 15) is 4.79 Å². The van der Waals surface area contributed by atoms with Crippen LogP contribution >= 0.6 is 11.6 Å². The van der Waals surface area contributed by atoms with Crippen LogP contribution in [0.4, 0.5) is 5.69 Å². The molecule has 0 saturated carbocycles. The number of aliphatic carboxylic acids is 1. The standard InChI is InChI=1S/C12H16ClN3O2/c13-10-7-8(16-5-3-15-4-6-16)1-2-9(10)11(14)12(17)18/h1-2,7,11,15H,3-6,14H2,(H,17,18). The molecule has 1 aromatic rings. The number of rotatable bonds is 3. The maximum Gasteiger partial charge on any atom is 0.325 e. The zero-order valence-electron chi connectivity index (χ0n) is 9.90. The summed E-state index contributed by atoms with van der Waals surface area (Å²) >= 11 is 6.10. The van der Waals surface area contributed by atoms with Crippen molar-refractivity contribution in [2.45, 2.75) is 6.04 Å². The molecule has 1 atom stereocenters. The molecule has 0 amide bonds. The average Bonchev–Trinajstić information content (AvgIpc) is 2.38. The molecule has 18 heavy (non-hydrogen) atoms. The van der Waals surface area contributed by atoms with Crippen molar-refractivity contribution in [2.75, 3.05) is 31.1 Å². The Kier molecular flexibility index (Phi) is 4.06. The van der Waals surface area contributed by atoms with Crippen LogP contribution in [0, 0.1) is 0 Å². The number of halogens is 1. The second kappa shape index (κ2) is 5.56. The number of piperazine rings is 1. The molecule has 0 spiro atoms. The molecule has 1 heterocycles. The molecule has 1 aliphatic heterocycles. The largest absolute Gasteiger partial charge is 0.480 e. The van der Waals surface area contributed by atoms with Gasteiger partial charge in [-0.15, -0.1) is 0 Å². The van der Waals surface area contributed by atoms with Crippen LogP contribution in [0.15, 0.2) is 18.2 Å². The molecule has 0 radical (unpaired) electrons. The Morgan fingerprint density at radius 3 is 2.67 bits per heavy atom. The van der Waals surface area contributed by atoms with E-state index in [0.717, 1.165) is 31.9 Å². The summed E-state index contributed by atoms with van der Waals surface area (Å²) in [7, 11) is 0. The van der Waals surface area contributed by atoms with E-state index in [-0.39, 0.29) is 0 Å². The lowest BCUT2D eigenvalue weighted by atomic mass is 10.1. The van der Waals surface area contributed by atoms with Gasteiger partial charge in [-0.1, -0.05) is 17.7 Å². The molecule has 1 saturated heterocycles. The van der Waals surface area contributed by atoms with E-state index in [1.54, 1.807) is 12.1 Å². The SMILES string of the molecule is NC(C(=O)O)c1ccc(N2CCNCC2)cc1Cl. The number of carboxylic acid groups (broad SMARTS) is 1. The number of anilines is 1. The van der Waals surface area contributed by atoms with Crippen molar-refractivity contribution < 1.29 is 9.90 Å². The van der Waals surface area contributed by atoms with Crippen molar-refractivity contribution in [3.63, 3.8) is 0 Å². The fourth-order valence-electron chi connectivity index (χ4n) is 2.02. The lowest BCUT2D eigenvalue weighted by Crippen LogP contribution is -2.43. The van der Waals surface area contributed by atoms with Crippen LogP contribution < -0.4 is 16.0 Å². The highest BCUT2D eigenvalue weighted by Gasteiger charge is 2.19. The van der Waals surface area contributed by atoms with Gasteiger partial charge in [-0.05, 0) is 17.7 Å². The molecule has 6 heteroatoms. The Morgan fingerprint density at radius 2 is 2.11 bits per heavy atom. The first-order valence-electron chi connectivity index (χ1n) is 5.83. The number of carbonyl (C=O) groups is 1. The summed E-state index contributed by atoms with van der Waals surface area (Å²) in [5.74, 6) is -1.08. The van der Waals surface area contributed by atoms with Gasteiger partial charge in [0.25, 0.3) is 0 Å². The number of nitrogens with two attached hydrogens (primary N) is 1. The van der Waals surface area contributed by atoms with E-state index in [4.69, 9.17) is 22.4 Å². The molecule has 0 aliphatic carbocycles. The minimum atomic E-state index is -1.08. The topological polar surface area (TPSA) is 78.6 Å². The highest BCUT2D eigenvalue weighted by Crippen LogP contribution is 2.27. The highest BCUT2D eigenvalue weighted by atomic mass is 35.5. The smallest absolute Gasteiger partial charge is 0.325 e. The average molecular weight is 270 g/mol. The van der Waals surface area contributed by atoms with Crippen LogP contribution in [0.5, 0.6) is 0 Å². The summed E-state index contributed by atoms with van der Waals surface area (Å²) in [6.45, 7) is 3.71. The van der Waals surface area contributed by atoms with Gasteiger partial charge in [0.05, 0.1) is 0 Å². The summed E-state index contributed by atoms with van der Waals surface area (Å²) < 4.78 is 0. The molecule has 5 nitrogen and oxygen atoms in total. The summed E-state index contributed by atoms with van der Waals surface area (Å²) in [5, 5.41) is 12.6. The molecule has 2 rings (SSSR count). The van der Waals surface area contributed by atoms with Gasteiger partial charge in [0.2, 0.25) is 0 Å². The Labute approximate surface area is 111 Å². The fraction of sp³-hybridized carbons (Fsp3) is 0.417. The van der Waals surface area contributed by atoms with Gasteiger partial charge in [0, 0.05) is 36.9 Å². The second-order valence-corrected chi connectivity index (χ2v) is 4.67. The van der Waals surface area contributed by atoms with Crippen LogP contribution in [-0.2, 0) is 4.79 Å². The third-order valence-electron chi connectivity index (χ3n) is 3.07. The zero-order chi connectivity index (χ0) is 13.1. The first-order chi connectivity index (χ1) is 8.59. The van der Waals surface area contributed by atoms with Gasteiger partial charge in [0.1, 0.15) is 6.04 Å². The van der Waals surface area contributed by atoms with Crippen LogP contribution in [0.25, 0.3) is 0 Å². The highest BCUT2D eigenvalue weighted by molar-refractivity contribution is 6.32. The number of carboxylic acids is 1. The Morgan fingerprint density at radius 1 is 1.44 bits per heavy atom. The molecule has 98 valence electrons. The van der Waals surface area contributed by atoms with E-state index in [1.807, 2.05) is 6.07 Å². The Bertz CT molecular complexity index is 447. The first kappa shape index (κ1) is 13.1. The maximum atomic E-state index is 10.8. The van der Waals surface area contributed by atoms with Crippen LogP contribution in [0.1, 0.15) is 11.6 Å². The third-order valence-corrected chi connectivity index (χ3v) is 3.39. The molecule has 1 fully saturated rings. The van der Waals surface area contributed by atoms with Crippen molar-refractivity contribution >= 4 is 23.3 Å². The lowest BCUT2D eigenvalue weighted by Gasteiger charge is -2.29. The molecule has 1 aromatic carbocycles. The minimum absolute atomic E-state index is 0.404. The van der Waals surface area contributed by atoms with Crippen molar-refractivity contribution in [3.8, 4) is 0 Å². The van der Waals surface area contributed by atoms with E-state index in [1.165, 1.54) is 0 Å². The lowest BCUT2D eigenvalue weighted by molar-refractivity contribution is -0.138. The van der Waals surface area contributed by atoms with E-state index >= 15 is 0 Å². The molecule has 4 N–H and O–H groups in total. The molecular weight excluding hydrogens is 254 g/mol. The third kappa shape index (κ3) is 2.75. The molecule has 0 bridgehead atoms. The van der Waals surface area contributed by atoms with Crippen molar-refractivity contribution in [1.29, 1.82) is 0 Å². The molecular formula is C12H16ClN3O2. The van der Waals surface area contributed by atoms with Gasteiger partial charge in [-0.25, -0.2) is 0 Å². The summed E-state index contributed by atoms with van der Waals surface area (Å²) in [6.07, 6.45) is 0. The number of nitrogens with zero attached hydrogens (tertiary/aromatic N) is 1. The zero-order valence-corrected chi connectivity index (χ0v) is 10.7. The molecule has 1 unspecified atom stereocenters. The minimum Gasteiger partial charge on any atom is -0.480 e. The predicted molar refractivity (Wildman–Crippen MR) is 71.1 cm³/mol. The number of hydrogen-bond acceptors (Lipinski definition) is 4. The maximum absolute atomic E-state index is 10.8. The van der Waals surface area contributed by atoms with Crippen LogP contribution in [0.2, 0.25) is 5.02 Å². The molecule has 1 aliphatic rings. The van der Waals surface area contributed by atoms with Gasteiger partial charge in [-0.2, -0.15) is 0 Å². The van der Waals surface area contributed by atoms with Gasteiger partial charge in [-0.3, -0.25) is 4.79 Å². The summed E-state index contributed by atoms with van der Waals surface area (Å²) in [5.41, 5.74) is 7.01. The van der Waals surface area contributed by atoms with Gasteiger partial charge >= 0.3 is 5.97 Å². The second-order valence-electron chi connectivity index (χ2n) is 4.26. The van der Waals surface area contributed by atoms with Crippen LogP contribution in [0.3, 0.4) is 0 Å². The van der Waals surface area contributed by atoms with Crippen molar-refractivity contribution in [1.82, 2.24) is 5.32 Å². The van der Waals surface area contributed by atoms with E-state index < -0.39 is 12.0 Å². The quantitative estimate of drug-likeness (QED) is 0.758. The summed E-state index contributed by atoms with van der Waals surface area (Å²) in [4.78, 5) is 13.0. The Balaban J connectivity index is 2.21. The van der Waals surface area contributed by atoms with Crippen molar-refractivity contribution in [2.24, 2.45) is 5.73 Å². The predicted octanol–water partition coefficient (Wildman–Crippen LogP) is 0.834. The fourth-order valence-corrected chi connectivity index (χ4v) is 2.31. The van der Waals surface area contributed by atoms with Gasteiger partial charge in [0.15, 0.2) is 0 Å². The normalized spacial score (nSPS) is 17.6.